The Labute approximate surface area is 104 Å². The van der Waals surface area contributed by atoms with Crippen molar-refractivity contribution >= 4 is 0 Å². The first-order chi connectivity index (χ1) is 8.29. The van der Waals surface area contributed by atoms with Gasteiger partial charge in [-0.2, -0.15) is 0 Å². The summed E-state index contributed by atoms with van der Waals surface area (Å²) in [6.07, 6.45) is 6.74. The monoisotopic (exact) mass is 233 g/mol. The van der Waals surface area contributed by atoms with E-state index in [1.807, 2.05) is 12.1 Å². The molecule has 2 rings (SSSR count). The molecule has 1 fully saturated rings. The van der Waals surface area contributed by atoms with Gasteiger partial charge in [-0.1, -0.05) is 38.3 Å². The van der Waals surface area contributed by atoms with Crippen LogP contribution in [-0.4, -0.2) is 11.1 Å². The van der Waals surface area contributed by atoms with E-state index in [1.165, 1.54) is 37.7 Å². The number of benzene rings is 1. The molecule has 0 heterocycles. The highest BCUT2D eigenvalue weighted by Gasteiger charge is 2.22. The molecule has 2 N–H and O–H groups in total. The number of hydrogen-bond acceptors (Lipinski definition) is 2. The average molecular weight is 233 g/mol. The summed E-state index contributed by atoms with van der Waals surface area (Å²) in [5.41, 5.74) is 1.25. The fourth-order valence-corrected chi connectivity index (χ4v) is 2.83. The number of aromatic hydroxyl groups is 1. The molecule has 2 heteroatoms. The summed E-state index contributed by atoms with van der Waals surface area (Å²) in [7, 11) is 0. The Bertz CT molecular complexity index is 333. The van der Waals surface area contributed by atoms with Crippen LogP contribution in [0.25, 0.3) is 0 Å². The Balaban J connectivity index is 1.86. The van der Waals surface area contributed by atoms with Crippen LogP contribution in [0.3, 0.4) is 0 Å². The third-order valence-electron chi connectivity index (χ3n) is 3.94. The number of phenols is 1. The van der Waals surface area contributed by atoms with Crippen molar-refractivity contribution in [2.24, 2.45) is 5.92 Å². The minimum absolute atomic E-state index is 0.345. The van der Waals surface area contributed by atoms with Crippen LogP contribution in [0.2, 0.25) is 0 Å². The lowest BCUT2D eigenvalue weighted by Gasteiger charge is -2.31. The third-order valence-corrected chi connectivity index (χ3v) is 3.94. The summed E-state index contributed by atoms with van der Waals surface area (Å²) in [6.45, 7) is 3.21. The first-order valence-electron chi connectivity index (χ1n) is 6.81. The van der Waals surface area contributed by atoms with Crippen molar-refractivity contribution in [1.82, 2.24) is 5.32 Å². The zero-order valence-electron chi connectivity index (χ0n) is 10.7. The van der Waals surface area contributed by atoms with E-state index in [2.05, 4.69) is 12.2 Å². The maximum absolute atomic E-state index is 9.23. The Kier molecular flexibility index (Phi) is 4.43. The Morgan fingerprint density at radius 3 is 2.59 bits per heavy atom. The van der Waals surface area contributed by atoms with Gasteiger partial charge in [0.15, 0.2) is 0 Å². The van der Waals surface area contributed by atoms with Gasteiger partial charge in [-0.3, -0.25) is 0 Å². The van der Waals surface area contributed by atoms with Crippen molar-refractivity contribution in [2.45, 2.75) is 51.6 Å². The average Bonchev–Trinajstić information content (AvgIpc) is 2.38. The van der Waals surface area contributed by atoms with Gasteiger partial charge in [0.25, 0.3) is 0 Å². The fraction of sp³-hybridized carbons (Fsp3) is 0.600. The van der Waals surface area contributed by atoms with Crippen LogP contribution in [0.1, 0.15) is 44.6 Å². The van der Waals surface area contributed by atoms with Crippen molar-refractivity contribution in [3.05, 3.63) is 29.8 Å². The number of phenolic OH excluding ortho intramolecular Hbond substituents is 1. The molecular weight excluding hydrogens is 210 g/mol. The lowest BCUT2D eigenvalue weighted by molar-refractivity contribution is 0.254. The first-order valence-corrected chi connectivity index (χ1v) is 6.81. The molecule has 0 aliphatic heterocycles. The van der Waals surface area contributed by atoms with Gasteiger partial charge < -0.3 is 10.4 Å². The highest BCUT2D eigenvalue weighted by molar-refractivity contribution is 5.25. The highest BCUT2D eigenvalue weighted by Crippen LogP contribution is 2.27. The largest absolute Gasteiger partial charge is 0.508 e. The Morgan fingerprint density at radius 2 is 1.88 bits per heavy atom. The van der Waals surface area contributed by atoms with Crippen LogP contribution in [0.15, 0.2) is 24.3 Å². The molecule has 2 unspecified atom stereocenters. The van der Waals surface area contributed by atoms with E-state index in [1.54, 1.807) is 12.1 Å². The molecule has 1 aromatic rings. The van der Waals surface area contributed by atoms with Crippen LogP contribution in [-0.2, 0) is 6.54 Å². The quantitative estimate of drug-likeness (QED) is 0.835. The molecule has 1 saturated carbocycles. The van der Waals surface area contributed by atoms with Crippen molar-refractivity contribution in [2.75, 3.05) is 0 Å². The molecule has 0 bridgehead atoms. The lowest BCUT2D eigenvalue weighted by Crippen LogP contribution is -2.37. The normalized spacial score (nSPS) is 24.8. The minimum atomic E-state index is 0.345. The molecule has 1 aliphatic rings. The molecular formula is C15H23NO. The topological polar surface area (TPSA) is 32.3 Å². The van der Waals surface area contributed by atoms with E-state index in [4.69, 9.17) is 0 Å². The van der Waals surface area contributed by atoms with Crippen molar-refractivity contribution in [1.29, 1.82) is 0 Å². The summed E-state index contributed by atoms with van der Waals surface area (Å²) in [5, 5.41) is 12.9. The predicted molar refractivity (Wildman–Crippen MR) is 71.0 cm³/mol. The van der Waals surface area contributed by atoms with Crippen LogP contribution >= 0.6 is 0 Å². The first kappa shape index (κ1) is 12.4. The molecule has 0 radical (unpaired) electrons. The lowest BCUT2D eigenvalue weighted by atomic mass is 9.83. The minimum Gasteiger partial charge on any atom is -0.508 e. The van der Waals surface area contributed by atoms with Crippen molar-refractivity contribution in [3.63, 3.8) is 0 Å². The standard InChI is InChI=1S/C15H23NO/c1-2-13-5-3-4-6-15(13)16-11-12-7-9-14(17)10-8-12/h7-10,13,15-17H,2-6,11H2,1H3. The van der Waals surface area contributed by atoms with Gasteiger partial charge in [-0.25, -0.2) is 0 Å². The molecule has 0 aromatic heterocycles. The van der Waals surface area contributed by atoms with Crippen molar-refractivity contribution in [3.8, 4) is 5.75 Å². The van der Waals surface area contributed by atoms with Crippen LogP contribution in [0.5, 0.6) is 5.75 Å². The maximum atomic E-state index is 9.23. The second-order valence-electron chi connectivity index (χ2n) is 5.11. The SMILES string of the molecule is CCC1CCCCC1NCc1ccc(O)cc1. The van der Waals surface area contributed by atoms with E-state index >= 15 is 0 Å². The van der Waals surface area contributed by atoms with Crippen LogP contribution < -0.4 is 5.32 Å². The third kappa shape index (κ3) is 3.47. The number of nitrogens with one attached hydrogen (secondary N) is 1. The highest BCUT2D eigenvalue weighted by atomic mass is 16.3. The molecule has 1 aromatic carbocycles. The van der Waals surface area contributed by atoms with E-state index < -0.39 is 0 Å². The fourth-order valence-electron chi connectivity index (χ4n) is 2.83. The van der Waals surface area contributed by atoms with Gasteiger partial charge >= 0.3 is 0 Å². The van der Waals surface area contributed by atoms with Gasteiger partial charge in [0, 0.05) is 12.6 Å². The molecule has 0 saturated heterocycles. The number of hydrogen-bond donors (Lipinski definition) is 2. The van der Waals surface area contributed by atoms with E-state index in [0.29, 0.717) is 11.8 Å². The maximum Gasteiger partial charge on any atom is 0.115 e. The van der Waals surface area contributed by atoms with Gasteiger partial charge in [0.05, 0.1) is 0 Å². The molecule has 94 valence electrons. The summed E-state index contributed by atoms with van der Waals surface area (Å²) in [6, 6.07) is 8.19. The summed E-state index contributed by atoms with van der Waals surface area (Å²) >= 11 is 0. The van der Waals surface area contributed by atoms with E-state index in [9.17, 15) is 5.11 Å². The molecule has 0 spiro atoms. The van der Waals surface area contributed by atoms with Gasteiger partial charge in [-0.05, 0) is 36.5 Å². The molecule has 2 atom stereocenters. The predicted octanol–water partition coefficient (Wildman–Crippen LogP) is 3.45. The van der Waals surface area contributed by atoms with Gasteiger partial charge in [0.2, 0.25) is 0 Å². The smallest absolute Gasteiger partial charge is 0.115 e. The zero-order valence-corrected chi connectivity index (χ0v) is 10.7. The van der Waals surface area contributed by atoms with Gasteiger partial charge in [-0.15, -0.1) is 0 Å². The Morgan fingerprint density at radius 1 is 1.18 bits per heavy atom. The second kappa shape index (κ2) is 6.06. The Hall–Kier alpha value is -1.02. The van der Waals surface area contributed by atoms with Crippen LogP contribution in [0.4, 0.5) is 0 Å². The van der Waals surface area contributed by atoms with Gasteiger partial charge in [0.1, 0.15) is 5.75 Å². The second-order valence-corrected chi connectivity index (χ2v) is 5.11. The van der Waals surface area contributed by atoms with Crippen molar-refractivity contribution < 1.29 is 5.11 Å². The zero-order chi connectivity index (χ0) is 12.1. The molecule has 2 nitrogen and oxygen atoms in total. The van der Waals surface area contributed by atoms with E-state index in [-0.39, 0.29) is 0 Å². The van der Waals surface area contributed by atoms with E-state index in [0.717, 1.165) is 12.5 Å². The molecule has 1 aliphatic carbocycles. The summed E-state index contributed by atoms with van der Waals surface area (Å²) in [5.74, 6) is 1.19. The summed E-state index contributed by atoms with van der Waals surface area (Å²) < 4.78 is 0. The van der Waals surface area contributed by atoms with Crippen LogP contribution in [0, 0.1) is 5.92 Å². The summed E-state index contributed by atoms with van der Waals surface area (Å²) in [4.78, 5) is 0. The number of rotatable bonds is 4. The molecule has 0 amide bonds. The molecule has 17 heavy (non-hydrogen) atoms.